The smallest absolute Gasteiger partial charge is 0.0618 e. The van der Waals surface area contributed by atoms with Crippen molar-refractivity contribution in [1.82, 2.24) is 0 Å². The van der Waals surface area contributed by atoms with E-state index in [1.807, 2.05) is 0 Å². The fourth-order valence-electron chi connectivity index (χ4n) is 11.0. The molecule has 5 aliphatic carbocycles. The number of allylic oxidation sites excluding steroid dienone is 2. The topological polar surface area (TPSA) is 60.7 Å². The van der Waals surface area contributed by atoms with Gasteiger partial charge in [0.05, 0.1) is 12.7 Å². The van der Waals surface area contributed by atoms with Gasteiger partial charge in [0.25, 0.3) is 0 Å². The van der Waals surface area contributed by atoms with Gasteiger partial charge in [0, 0.05) is 12.0 Å². The first-order valence-corrected chi connectivity index (χ1v) is 14.0. The highest BCUT2D eigenvalue weighted by Gasteiger charge is 2.68. The summed E-state index contributed by atoms with van der Waals surface area (Å²) in [4.78, 5) is 0. The molecule has 0 aliphatic heterocycles. The zero-order chi connectivity index (χ0) is 24.0. The predicted octanol–water partition coefficient (Wildman–Crippen LogP) is 5.97. The van der Waals surface area contributed by atoms with E-state index >= 15 is 0 Å². The van der Waals surface area contributed by atoms with Gasteiger partial charge in [0.15, 0.2) is 0 Å². The van der Waals surface area contributed by atoms with Crippen LogP contribution < -0.4 is 0 Å². The lowest BCUT2D eigenvalue weighted by atomic mass is 9.33. The Bertz CT molecular complexity index is 821. The normalized spacial score (nSPS) is 58.4. The maximum absolute atomic E-state index is 10.9. The summed E-state index contributed by atoms with van der Waals surface area (Å²) >= 11 is 0. The van der Waals surface area contributed by atoms with Gasteiger partial charge < -0.3 is 15.3 Å². The summed E-state index contributed by atoms with van der Waals surface area (Å²) in [6.07, 6.45) is 12.7. The molecule has 3 nitrogen and oxygen atoms in total. The third-order valence-corrected chi connectivity index (χ3v) is 13.5. The average molecular weight is 459 g/mol. The molecule has 0 bridgehead atoms. The third-order valence-electron chi connectivity index (χ3n) is 13.5. The van der Waals surface area contributed by atoms with Gasteiger partial charge in [-0.05, 0) is 109 Å². The molecule has 0 radical (unpaired) electrons. The van der Waals surface area contributed by atoms with Gasteiger partial charge >= 0.3 is 0 Å². The van der Waals surface area contributed by atoms with Crippen LogP contribution in [0.4, 0.5) is 0 Å². The first-order chi connectivity index (χ1) is 15.4. The molecule has 0 amide bonds. The van der Waals surface area contributed by atoms with E-state index in [1.165, 1.54) is 32.1 Å². The lowest BCUT2D eigenvalue weighted by Crippen LogP contribution is -2.65. The van der Waals surface area contributed by atoms with Crippen molar-refractivity contribution in [2.45, 2.75) is 105 Å². The number of aliphatic hydroxyl groups excluding tert-OH is 3. The number of rotatable bonds is 2. The van der Waals surface area contributed by atoms with Crippen molar-refractivity contribution in [3.63, 3.8) is 0 Å². The predicted molar refractivity (Wildman–Crippen MR) is 133 cm³/mol. The average Bonchev–Trinajstić information content (AvgIpc) is 2.77. The first kappa shape index (κ1) is 24.3. The highest BCUT2D eigenvalue weighted by molar-refractivity contribution is 5.33. The Morgan fingerprint density at radius 1 is 0.879 bits per heavy atom. The summed E-state index contributed by atoms with van der Waals surface area (Å²) in [5.74, 6) is 2.58. The van der Waals surface area contributed by atoms with Gasteiger partial charge in [-0.3, -0.25) is 0 Å². The summed E-state index contributed by atoms with van der Waals surface area (Å²) in [6, 6.07) is 0. The van der Waals surface area contributed by atoms with Crippen LogP contribution >= 0.6 is 0 Å². The van der Waals surface area contributed by atoms with Crippen molar-refractivity contribution in [2.75, 3.05) is 13.2 Å². The van der Waals surface area contributed by atoms with E-state index in [0.29, 0.717) is 41.6 Å². The van der Waals surface area contributed by atoms with Crippen molar-refractivity contribution in [3.05, 3.63) is 11.6 Å². The molecule has 0 saturated heterocycles. The van der Waals surface area contributed by atoms with Gasteiger partial charge in [0.1, 0.15) is 0 Å². The van der Waals surface area contributed by atoms with Crippen molar-refractivity contribution in [2.24, 2.45) is 56.7 Å². The Hall–Kier alpha value is -0.380. The monoisotopic (exact) mass is 458 g/mol. The van der Waals surface area contributed by atoms with E-state index in [2.05, 4.69) is 47.6 Å². The van der Waals surface area contributed by atoms with Crippen LogP contribution in [-0.2, 0) is 0 Å². The first-order valence-electron chi connectivity index (χ1n) is 14.0. The SMILES string of the molecule is C[C@H]1[C@H](CO)CC[C@]2(C)CC[C@]3(C)C(=CC[C@@H]4[C@@]5(C)CC[C@H](O)[C@](C)(CO)[C@@H]5CC[C@]43C)[C@H]12. The van der Waals surface area contributed by atoms with E-state index < -0.39 is 0 Å². The molecule has 33 heavy (non-hydrogen) atoms. The molecule has 0 heterocycles. The number of hydrogen-bond acceptors (Lipinski definition) is 3. The molecule has 3 heteroatoms. The molecule has 0 aromatic carbocycles. The van der Waals surface area contributed by atoms with Crippen LogP contribution in [0.25, 0.3) is 0 Å². The zero-order valence-corrected chi connectivity index (χ0v) is 22.2. The molecule has 0 spiro atoms. The van der Waals surface area contributed by atoms with Crippen molar-refractivity contribution >= 4 is 0 Å². The van der Waals surface area contributed by atoms with E-state index in [9.17, 15) is 15.3 Å². The van der Waals surface area contributed by atoms with E-state index in [-0.39, 0.29) is 34.4 Å². The molecule has 4 saturated carbocycles. The fourth-order valence-corrected chi connectivity index (χ4v) is 11.0. The second kappa shape index (κ2) is 7.56. The van der Waals surface area contributed by atoms with Crippen LogP contribution in [0, 0.1) is 56.7 Å². The second-order valence-corrected chi connectivity index (χ2v) is 14.5. The van der Waals surface area contributed by atoms with Crippen LogP contribution in [0.5, 0.6) is 0 Å². The number of fused-ring (bicyclic) bond motifs is 7. The van der Waals surface area contributed by atoms with Crippen molar-refractivity contribution in [3.8, 4) is 0 Å². The third kappa shape index (κ3) is 2.91. The van der Waals surface area contributed by atoms with Gasteiger partial charge in [-0.25, -0.2) is 0 Å². The lowest BCUT2D eigenvalue weighted by molar-refractivity contribution is -0.216. The number of hydrogen-bond donors (Lipinski definition) is 3. The minimum atomic E-state index is -0.385. The fraction of sp³-hybridized carbons (Fsp3) is 0.933. The van der Waals surface area contributed by atoms with Gasteiger partial charge in [-0.2, -0.15) is 0 Å². The molecule has 0 aromatic heterocycles. The molecule has 5 rings (SSSR count). The van der Waals surface area contributed by atoms with Gasteiger partial charge in [-0.15, -0.1) is 0 Å². The molecule has 0 unspecified atom stereocenters. The highest BCUT2D eigenvalue weighted by atomic mass is 16.3. The molecule has 0 aromatic rings. The van der Waals surface area contributed by atoms with Crippen LogP contribution in [-0.4, -0.2) is 34.6 Å². The maximum atomic E-state index is 10.9. The zero-order valence-electron chi connectivity index (χ0n) is 22.2. The molecule has 188 valence electrons. The standard InChI is InChI=1S/C30H50O3/c1-19-20(17-31)9-12-26(2)15-16-29(5)21(25(19)26)7-8-23-27(3)13-11-24(33)28(4,18-32)22(27)10-14-30(23,29)6/h7,19-20,22-25,31-33H,8-18H2,1-6H3/t19-,20-,22+,23+,24-,25-,26+,27-,28+,29+,30+/m0/s1. The molecule has 4 fully saturated rings. The Morgan fingerprint density at radius 2 is 1.61 bits per heavy atom. The van der Waals surface area contributed by atoms with Crippen LogP contribution in [0.1, 0.15) is 99.3 Å². The van der Waals surface area contributed by atoms with E-state index in [1.54, 1.807) is 5.57 Å². The van der Waals surface area contributed by atoms with Crippen molar-refractivity contribution in [1.29, 1.82) is 0 Å². The highest BCUT2D eigenvalue weighted by Crippen LogP contribution is 2.75. The van der Waals surface area contributed by atoms with Gasteiger partial charge in [0.2, 0.25) is 0 Å². The molecule has 5 aliphatic rings. The minimum absolute atomic E-state index is 0.0940. The molecule has 11 atom stereocenters. The van der Waals surface area contributed by atoms with E-state index in [4.69, 9.17) is 0 Å². The quantitative estimate of drug-likeness (QED) is 0.447. The van der Waals surface area contributed by atoms with Crippen LogP contribution in [0.2, 0.25) is 0 Å². The van der Waals surface area contributed by atoms with Gasteiger partial charge in [-0.1, -0.05) is 53.2 Å². The summed E-state index contributed by atoms with van der Waals surface area (Å²) in [6.45, 7) is 15.3. The minimum Gasteiger partial charge on any atom is -0.396 e. The Labute approximate surface area is 202 Å². The summed E-state index contributed by atoms with van der Waals surface area (Å²) in [7, 11) is 0. The summed E-state index contributed by atoms with van der Waals surface area (Å²) < 4.78 is 0. The Morgan fingerprint density at radius 3 is 2.27 bits per heavy atom. The summed E-state index contributed by atoms with van der Waals surface area (Å²) in [5, 5.41) is 31.5. The largest absolute Gasteiger partial charge is 0.396 e. The lowest BCUT2D eigenvalue weighted by Gasteiger charge is -2.71. The van der Waals surface area contributed by atoms with E-state index in [0.717, 1.165) is 25.7 Å². The van der Waals surface area contributed by atoms with Crippen molar-refractivity contribution < 1.29 is 15.3 Å². The molecular formula is C30H50O3. The molecular weight excluding hydrogens is 408 g/mol. The Kier molecular flexibility index (Phi) is 5.57. The van der Waals surface area contributed by atoms with Crippen LogP contribution in [0.3, 0.4) is 0 Å². The molecule has 3 N–H and O–H groups in total. The second-order valence-electron chi connectivity index (χ2n) is 14.5. The van der Waals surface area contributed by atoms with Crippen LogP contribution in [0.15, 0.2) is 11.6 Å². The Balaban J connectivity index is 1.58. The summed E-state index contributed by atoms with van der Waals surface area (Å²) in [5.41, 5.74) is 2.38. The number of aliphatic hydroxyl groups is 3. The maximum Gasteiger partial charge on any atom is 0.0618 e.